The van der Waals surface area contributed by atoms with Gasteiger partial charge in [0.1, 0.15) is 0 Å². The number of hydrogen-bond acceptors (Lipinski definition) is 10. The molecule has 0 spiro atoms. The molecule has 160 valence electrons. The molecule has 1 saturated carbocycles. The highest BCUT2D eigenvalue weighted by Crippen LogP contribution is 2.70. The predicted octanol–water partition coefficient (Wildman–Crippen LogP) is -0.688. The Balaban J connectivity index is 1.56. The topological polar surface area (TPSA) is 124 Å². The van der Waals surface area contributed by atoms with E-state index in [0.717, 1.165) is 0 Å². The molecule has 4 aliphatic heterocycles. The highest BCUT2D eigenvalue weighted by atomic mass is 16.6. The van der Waals surface area contributed by atoms with Crippen molar-refractivity contribution >= 4 is 23.9 Å². The number of carbonyl (C=O) groups excluding carboxylic acids is 4. The van der Waals surface area contributed by atoms with Gasteiger partial charge in [-0.25, -0.2) is 19.2 Å². The highest BCUT2D eigenvalue weighted by molar-refractivity contribution is 6.05. The maximum atomic E-state index is 12.4. The summed E-state index contributed by atoms with van der Waals surface area (Å²) in [6.07, 6.45) is -2.64. The Morgan fingerprint density at radius 1 is 0.500 bits per heavy atom. The molecule has 30 heavy (non-hydrogen) atoms. The lowest BCUT2D eigenvalue weighted by Gasteiger charge is -2.52. The zero-order chi connectivity index (χ0) is 21.5. The van der Waals surface area contributed by atoms with Crippen LogP contribution in [0.2, 0.25) is 0 Å². The van der Waals surface area contributed by atoms with Gasteiger partial charge in [0.25, 0.3) is 0 Å². The van der Waals surface area contributed by atoms with Gasteiger partial charge in [-0.3, -0.25) is 0 Å². The minimum absolute atomic E-state index is 0.156. The lowest BCUT2D eigenvalue weighted by molar-refractivity contribution is -0.142. The van der Waals surface area contributed by atoms with Crippen LogP contribution < -0.4 is 0 Å². The quantitative estimate of drug-likeness (QED) is 0.426. The van der Waals surface area contributed by atoms with Gasteiger partial charge in [0, 0.05) is 23.7 Å². The van der Waals surface area contributed by atoms with E-state index in [9.17, 15) is 19.2 Å². The van der Waals surface area contributed by atoms with E-state index in [-0.39, 0.29) is 46.0 Å². The second-order valence-corrected chi connectivity index (χ2v) is 7.88. The summed E-state index contributed by atoms with van der Waals surface area (Å²) in [6.45, 7) is 0. The number of carbonyl (C=O) groups is 4. The summed E-state index contributed by atoms with van der Waals surface area (Å²) in [6, 6.07) is 0. The summed E-state index contributed by atoms with van der Waals surface area (Å²) in [5.74, 6) is -3.21. The number of esters is 4. The van der Waals surface area contributed by atoms with Crippen LogP contribution >= 0.6 is 0 Å². The molecule has 0 unspecified atom stereocenters. The van der Waals surface area contributed by atoms with Gasteiger partial charge in [0.2, 0.25) is 0 Å². The molecule has 2 saturated heterocycles. The molecule has 4 atom stereocenters. The largest absolute Gasteiger partial charge is 0.466 e. The zero-order valence-electron chi connectivity index (χ0n) is 16.7. The number of hydrogen-bond donors (Lipinski definition) is 0. The molecule has 0 aromatic heterocycles. The molecule has 5 rings (SSSR count). The second-order valence-electron chi connectivity index (χ2n) is 7.88. The third-order valence-corrected chi connectivity index (χ3v) is 7.10. The number of rotatable bonds is 4. The molecule has 1 aliphatic carbocycles. The lowest BCUT2D eigenvalue weighted by atomic mass is 9.47. The monoisotopic (exact) mass is 420 g/mol. The number of methoxy groups -OCH3 is 4. The van der Waals surface area contributed by atoms with Crippen molar-refractivity contribution in [3.05, 3.63) is 22.3 Å². The maximum absolute atomic E-state index is 12.4. The minimum atomic E-state index is -0.661. The number of ether oxygens (including phenoxy) is 6. The van der Waals surface area contributed by atoms with Crippen molar-refractivity contribution in [2.75, 3.05) is 28.4 Å². The average Bonchev–Trinajstić information content (AvgIpc) is 3.46. The second kappa shape index (κ2) is 6.39. The van der Waals surface area contributed by atoms with Crippen molar-refractivity contribution in [2.45, 2.75) is 24.4 Å². The first-order chi connectivity index (χ1) is 14.4. The van der Waals surface area contributed by atoms with Gasteiger partial charge < -0.3 is 28.4 Å². The molecule has 4 bridgehead atoms. The fourth-order valence-corrected chi connectivity index (χ4v) is 6.17. The Labute approximate surface area is 171 Å². The fraction of sp³-hybridized carbons (Fsp3) is 0.600. The molecule has 0 radical (unpaired) electrons. The van der Waals surface area contributed by atoms with E-state index in [1.54, 1.807) is 0 Å². The highest BCUT2D eigenvalue weighted by Gasteiger charge is 2.77. The predicted molar refractivity (Wildman–Crippen MR) is 93.4 cm³/mol. The fourth-order valence-electron chi connectivity index (χ4n) is 6.17. The van der Waals surface area contributed by atoms with Crippen LogP contribution in [0.25, 0.3) is 0 Å². The van der Waals surface area contributed by atoms with Crippen molar-refractivity contribution in [1.29, 1.82) is 0 Å². The molecular formula is C20H20O10. The molecule has 5 aliphatic rings. The van der Waals surface area contributed by atoms with E-state index in [0.29, 0.717) is 0 Å². The first-order valence-electron chi connectivity index (χ1n) is 9.53. The normalized spacial score (nSPS) is 39.3. The summed E-state index contributed by atoms with van der Waals surface area (Å²) in [4.78, 5) is 49.7. The van der Waals surface area contributed by atoms with Gasteiger partial charge in [0.05, 0.1) is 75.1 Å². The van der Waals surface area contributed by atoms with Crippen LogP contribution in [-0.2, 0) is 47.6 Å². The molecule has 3 fully saturated rings. The van der Waals surface area contributed by atoms with E-state index < -0.39 is 48.3 Å². The molecule has 0 amide bonds. The van der Waals surface area contributed by atoms with E-state index >= 15 is 0 Å². The van der Waals surface area contributed by atoms with Gasteiger partial charge in [-0.1, -0.05) is 0 Å². The van der Waals surface area contributed by atoms with E-state index in [1.165, 1.54) is 28.4 Å². The minimum Gasteiger partial charge on any atom is -0.466 e. The Morgan fingerprint density at radius 3 is 0.867 bits per heavy atom. The third-order valence-electron chi connectivity index (χ3n) is 7.10. The molecule has 0 aromatic rings. The van der Waals surface area contributed by atoms with Crippen LogP contribution in [0.15, 0.2) is 22.3 Å². The zero-order valence-corrected chi connectivity index (χ0v) is 16.7. The first-order valence-corrected chi connectivity index (χ1v) is 9.53. The molecule has 10 heteroatoms. The van der Waals surface area contributed by atoms with Crippen LogP contribution in [0.4, 0.5) is 0 Å². The smallest absolute Gasteiger partial charge is 0.337 e. The van der Waals surface area contributed by atoms with E-state index in [1.807, 2.05) is 0 Å². The van der Waals surface area contributed by atoms with Crippen molar-refractivity contribution in [2.24, 2.45) is 23.7 Å². The third kappa shape index (κ3) is 2.05. The Bertz CT molecular complexity index is 789. The van der Waals surface area contributed by atoms with Crippen molar-refractivity contribution in [1.82, 2.24) is 0 Å². The standard InChI is InChI=1S/C20H20O10/c1-25-17(21)9-10(18(22)26-2)14-6-5(13(9)29-14)7-8(6)16-12(20(24)28-4)11(15(7)30-16)19(23)27-3/h5-8,13-16H,1-4H3/t5?,6?,7?,8?,13-,14+,15+,16-. The molecule has 0 N–H and O–H groups in total. The van der Waals surface area contributed by atoms with Crippen molar-refractivity contribution < 1.29 is 47.6 Å². The summed E-state index contributed by atoms with van der Waals surface area (Å²) in [7, 11) is 4.94. The van der Waals surface area contributed by atoms with Crippen molar-refractivity contribution in [3.63, 3.8) is 0 Å². The van der Waals surface area contributed by atoms with Crippen LogP contribution in [0, 0.1) is 23.7 Å². The van der Waals surface area contributed by atoms with Crippen LogP contribution in [0.3, 0.4) is 0 Å². The van der Waals surface area contributed by atoms with Gasteiger partial charge in [-0.2, -0.15) is 0 Å². The average molecular weight is 420 g/mol. The Kier molecular flexibility index (Phi) is 4.10. The molecule has 10 nitrogen and oxygen atoms in total. The van der Waals surface area contributed by atoms with Gasteiger partial charge in [-0.15, -0.1) is 0 Å². The first kappa shape index (κ1) is 19.3. The number of fused-ring (bicyclic) bond motifs is 12. The Morgan fingerprint density at radius 2 is 0.700 bits per heavy atom. The van der Waals surface area contributed by atoms with Crippen LogP contribution in [0.1, 0.15) is 0 Å². The van der Waals surface area contributed by atoms with E-state index in [2.05, 4.69) is 0 Å². The lowest BCUT2D eigenvalue weighted by Crippen LogP contribution is -2.59. The summed E-state index contributed by atoms with van der Waals surface area (Å²) in [5, 5.41) is 0. The summed E-state index contributed by atoms with van der Waals surface area (Å²) >= 11 is 0. The molecule has 4 heterocycles. The van der Waals surface area contributed by atoms with Gasteiger partial charge in [-0.05, 0) is 0 Å². The molecular weight excluding hydrogens is 400 g/mol. The Hall–Kier alpha value is -2.72. The van der Waals surface area contributed by atoms with E-state index in [4.69, 9.17) is 28.4 Å². The maximum Gasteiger partial charge on any atom is 0.337 e. The molecule has 0 aromatic carbocycles. The van der Waals surface area contributed by atoms with Crippen LogP contribution in [-0.4, -0.2) is 76.7 Å². The van der Waals surface area contributed by atoms with Crippen LogP contribution in [0.5, 0.6) is 0 Å². The van der Waals surface area contributed by atoms with Gasteiger partial charge in [0.15, 0.2) is 0 Å². The summed E-state index contributed by atoms with van der Waals surface area (Å²) < 4.78 is 31.6. The van der Waals surface area contributed by atoms with Gasteiger partial charge >= 0.3 is 23.9 Å². The summed E-state index contributed by atoms with van der Waals surface area (Å²) in [5.41, 5.74) is 0.643. The SMILES string of the molecule is COC(=O)C1=C(C(=O)OC)[C@@H]2O[C@H]1C1C2C2C1[C@H]1O[C@@H]2C(C(=O)OC)=C1C(=O)OC. The van der Waals surface area contributed by atoms with Crippen molar-refractivity contribution in [3.8, 4) is 0 Å².